The summed E-state index contributed by atoms with van der Waals surface area (Å²) in [5, 5.41) is 9.02. The molecule has 1 nitrogen and oxygen atoms in total. The highest BCUT2D eigenvalue weighted by molar-refractivity contribution is 9.10. The Hall–Kier alpha value is -0.550. The van der Waals surface area contributed by atoms with E-state index in [0.29, 0.717) is 10.0 Å². The molecular weight excluding hydrogens is 261 g/mol. The number of hydrogen-bond donors (Lipinski definition) is 1. The molecule has 1 aromatic carbocycles. The lowest BCUT2D eigenvalue weighted by atomic mass is 10.0. The standard InChI is InChI=1S/C9H8BrF3O/c1-5-6(3-2-4-7(5)10)8(14)9(11,12)13/h2-4,8,14H,1H3/t8-/m1/s1. The normalized spacial score (nSPS) is 14.1. The van der Waals surface area contributed by atoms with Crippen molar-refractivity contribution in [2.24, 2.45) is 0 Å². The third-order valence-corrected chi connectivity index (χ3v) is 2.77. The molecule has 0 saturated heterocycles. The third kappa shape index (κ3) is 2.27. The zero-order chi connectivity index (χ0) is 10.9. The predicted molar refractivity (Wildman–Crippen MR) is 49.9 cm³/mol. The Labute approximate surface area is 87.7 Å². The number of alkyl halides is 3. The fourth-order valence-corrected chi connectivity index (χ4v) is 1.48. The highest BCUT2D eigenvalue weighted by Gasteiger charge is 2.40. The summed E-state index contributed by atoms with van der Waals surface area (Å²) < 4.78 is 37.1. The van der Waals surface area contributed by atoms with Crippen molar-refractivity contribution in [2.45, 2.75) is 19.2 Å². The Kier molecular flexibility index (Phi) is 3.21. The summed E-state index contributed by atoms with van der Waals surface area (Å²) in [4.78, 5) is 0. The molecule has 1 atom stereocenters. The molecule has 0 fully saturated rings. The highest BCUT2D eigenvalue weighted by atomic mass is 79.9. The summed E-state index contributed by atoms with van der Waals surface area (Å²) in [6.07, 6.45) is -7.04. The Morgan fingerprint density at radius 1 is 1.36 bits per heavy atom. The van der Waals surface area contributed by atoms with Crippen LogP contribution in [0.25, 0.3) is 0 Å². The molecule has 78 valence electrons. The zero-order valence-corrected chi connectivity index (χ0v) is 8.85. The molecule has 0 unspecified atom stereocenters. The number of hydrogen-bond acceptors (Lipinski definition) is 1. The molecule has 0 saturated carbocycles. The molecule has 1 N–H and O–H groups in total. The molecule has 1 rings (SSSR count). The maximum Gasteiger partial charge on any atom is 0.418 e. The lowest BCUT2D eigenvalue weighted by Crippen LogP contribution is -2.21. The van der Waals surface area contributed by atoms with Gasteiger partial charge in [0.2, 0.25) is 0 Å². The van der Waals surface area contributed by atoms with Crippen LogP contribution in [-0.4, -0.2) is 11.3 Å². The predicted octanol–water partition coefficient (Wildman–Crippen LogP) is 3.35. The average molecular weight is 269 g/mol. The Morgan fingerprint density at radius 3 is 2.43 bits per heavy atom. The maximum absolute atomic E-state index is 12.2. The van der Waals surface area contributed by atoms with Crippen molar-refractivity contribution >= 4 is 15.9 Å². The van der Waals surface area contributed by atoms with Gasteiger partial charge in [-0.2, -0.15) is 13.2 Å². The fraction of sp³-hybridized carbons (Fsp3) is 0.333. The van der Waals surface area contributed by atoms with Crippen molar-refractivity contribution in [3.8, 4) is 0 Å². The van der Waals surface area contributed by atoms with Crippen LogP contribution < -0.4 is 0 Å². The first-order valence-electron chi connectivity index (χ1n) is 3.84. The van der Waals surface area contributed by atoms with Crippen LogP contribution in [0.2, 0.25) is 0 Å². The van der Waals surface area contributed by atoms with E-state index < -0.39 is 12.3 Å². The highest BCUT2D eigenvalue weighted by Crippen LogP contribution is 2.35. The summed E-state index contributed by atoms with van der Waals surface area (Å²) >= 11 is 3.10. The van der Waals surface area contributed by atoms with Gasteiger partial charge in [0.25, 0.3) is 0 Å². The number of benzene rings is 1. The molecule has 14 heavy (non-hydrogen) atoms. The van der Waals surface area contributed by atoms with Crippen LogP contribution in [0.1, 0.15) is 17.2 Å². The Balaban J connectivity index is 3.14. The quantitative estimate of drug-likeness (QED) is 0.828. The SMILES string of the molecule is Cc1c(Br)cccc1[C@@H](O)C(F)(F)F. The van der Waals surface area contributed by atoms with Crippen molar-refractivity contribution in [3.63, 3.8) is 0 Å². The summed E-state index contributed by atoms with van der Waals surface area (Å²) in [5.74, 6) is 0. The van der Waals surface area contributed by atoms with E-state index in [9.17, 15) is 13.2 Å². The number of halogens is 4. The van der Waals surface area contributed by atoms with E-state index in [1.54, 1.807) is 6.07 Å². The molecule has 0 aliphatic rings. The molecule has 0 amide bonds. The summed E-state index contributed by atoms with van der Waals surface area (Å²) in [7, 11) is 0. The van der Waals surface area contributed by atoms with Crippen LogP contribution in [0.15, 0.2) is 22.7 Å². The van der Waals surface area contributed by atoms with E-state index in [1.165, 1.54) is 19.1 Å². The van der Waals surface area contributed by atoms with Crippen molar-refractivity contribution in [1.29, 1.82) is 0 Å². The van der Waals surface area contributed by atoms with Crippen molar-refractivity contribution in [2.75, 3.05) is 0 Å². The monoisotopic (exact) mass is 268 g/mol. The van der Waals surface area contributed by atoms with Gasteiger partial charge in [-0.1, -0.05) is 28.1 Å². The van der Waals surface area contributed by atoms with Gasteiger partial charge in [0.15, 0.2) is 6.10 Å². The molecule has 0 heterocycles. The fourth-order valence-electron chi connectivity index (χ4n) is 1.10. The Bertz CT molecular complexity index is 335. The molecule has 5 heteroatoms. The third-order valence-electron chi connectivity index (χ3n) is 1.91. The number of rotatable bonds is 1. The van der Waals surface area contributed by atoms with Crippen LogP contribution in [0, 0.1) is 6.92 Å². The van der Waals surface area contributed by atoms with E-state index in [0.717, 1.165) is 0 Å². The minimum atomic E-state index is -4.62. The molecule has 0 aliphatic carbocycles. The van der Waals surface area contributed by atoms with E-state index in [-0.39, 0.29) is 5.56 Å². The van der Waals surface area contributed by atoms with Gasteiger partial charge >= 0.3 is 6.18 Å². The number of aliphatic hydroxyl groups is 1. The molecule has 0 aromatic heterocycles. The summed E-state index contributed by atoms with van der Waals surface area (Å²) in [5.41, 5.74) is 0.282. The zero-order valence-electron chi connectivity index (χ0n) is 7.27. The first-order chi connectivity index (χ1) is 6.34. The van der Waals surface area contributed by atoms with Gasteiger partial charge in [-0.3, -0.25) is 0 Å². The minimum Gasteiger partial charge on any atom is -0.379 e. The van der Waals surface area contributed by atoms with Gasteiger partial charge in [0.05, 0.1) is 0 Å². The molecule has 0 aliphatic heterocycles. The van der Waals surface area contributed by atoms with Gasteiger partial charge in [0, 0.05) is 4.47 Å². The molecular formula is C9H8BrF3O. The average Bonchev–Trinajstić information content (AvgIpc) is 2.07. The van der Waals surface area contributed by atoms with Crippen LogP contribution in [0.4, 0.5) is 13.2 Å². The smallest absolute Gasteiger partial charge is 0.379 e. The van der Waals surface area contributed by atoms with Crippen molar-refractivity contribution in [1.82, 2.24) is 0 Å². The van der Waals surface area contributed by atoms with Crippen LogP contribution in [0.5, 0.6) is 0 Å². The van der Waals surface area contributed by atoms with E-state index in [4.69, 9.17) is 5.11 Å². The van der Waals surface area contributed by atoms with E-state index in [2.05, 4.69) is 15.9 Å². The van der Waals surface area contributed by atoms with Gasteiger partial charge in [0.1, 0.15) is 0 Å². The van der Waals surface area contributed by atoms with Gasteiger partial charge in [-0.15, -0.1) is 0 Å². The summed E-state index contributed by atoms with van der Waals surface area (Å²) in [6.45, 7) is 1.52. The van der Waals surface area contributed by atoms with Crippen LogP contribution >= 0.6 is 15.9 Å². The van der Waals surface area contributed by atoms with E-state index in [1.807, 2.05) is 0 Å². The second kappa shape index (κ2) is 3.90. The number of aliphatic hydroxyl groups excluding tert-OH is 1. The van der Waals surface area contributed by atoms with Crippen LogP contribution in [-0.2, 0) is 0 Å². The molecule has 1 aromatic rings. The maximum atomic E-state index is 12.2. The second-order valence-electron chi connectivity index (χ2n) is 2.90. The minimum absolute atomic E-state index is 0.119. The van der Waals surface area contributed by atoms with E-state index >= 15 is 0 Å². The second-order valence-corrected chi connectivity index (χ2v) is 3.75. The largest absolute Gasteiger partial charge is 0.418 e. The first-order valence-corrected chi connectivity index (χ1v) is 4.63. The topological polar surface area (TPSA) is 20.2 Å². The van der Waals surface area contributed by atoms with Crippen molar-refractivity contribution < 1.29 is 18.3 Å². The van der Waals surface area contributed by atoms with Gasteiger partial charge in [-0.05, 0) is 24.1 Å². The molecule has 0 spiro atoms. The molecule has 0 radical (unpaired) electrons. The lowest BCUT2D eigenvalue weighted by Gasteiger charge is -2.17. The van der Waals surface area contributed by atoms with Gasteiger partial charge < -0.3 is 5.11 Å². The summed E-state index contributed by atoms with van der Waals surface area (Å²) in [6, 6.07) is 4.35. The Morgan fingerprint density at radius 2 is 1.93 bits per heavy atom. The molecule has 0 bridgehead atoms. The van der Waals surface area contributed by atoms with Crippen LogP contribution in [0.3, 0.4) is 0 Å². The lowest BCUT2D eigenvalue weighted by molar-refractivity contribution is -0.207. The van der Waals surface area contributed by atoms with Gasteiger partial charge in [-0.25, -0.2) is 0 Å². The van der Waals surface area contributed by atoms with Crippen molar-refractivity contribution in [3.05, 3.63) is 33.8 Å². The first kappa shape index (κ1) is 11.5.